The number of nitrogens with zero attached hydrogens (tertiary/aromatic N) is 1. The Hall–Kier alpha value is -1.69. The molecule has 0 radical (unpaired) electrons. The summed E-state index contributed by atoms with van der Waals surface area (Å²) in [5.74, 6) is 0.401. The molecule has 0 unspecified atom stereocenters. The summed E-state index contributed by atoms with van der Waals surface area (Å²) in [7, 11) is -4.84. The molecule has 0 aliphatic heterocycles. The van der Waals surface area contributed by atoms with E-state index in [1.54, 1.807) is 12.1 Å². The molecular weight excluding hydrogens is 257 g/mol. The molecule has 0 saturated carbocycles. The minimum absolute atomic E-state index is 0.293. The Morgan fingerprint density at radius 3 is 2.28 bits per heavy atom. The average Bonchev–Trinajstić information content (AvgIpc) is 2.78. The molecule has 0 saturated heterocycles. The Kier molecular flexibility index (Phi) is 3.21. The maximum Gasteiger partial charge on any atom is 0.368 e. The molecule has 1 heterocycles. The third kappa shape index (κ3) is 2.59. The maximum atomic E-state index is 12.7. The van der Waals surface area contributed by atoms with Gasteiger partial charge in [0.05, 0.1) is 0 Å². The summed E-state index contributed by atoms with van der Waals surface area (Å²) >= 11 is 0. The molecule has 18 heavy (non-hydrogen) atoms. The number of hydrogen-bond donors (Lipinski definition) is 0. The normalized spacial score (nSPS) is 12.0. The van der Waals surface area contributed by atoms with Gasteiger partial charge in [-0.2, -0.15) is 8.42 Å². The zero-order chi connectivity index (χ0) is 13.3. The summed E-state index contributed by atoms with van der Waals surface area (Å²) in [6.07, 6.45) is 0. The van der Waals surface area contributed by atoms with Crippen LogP contribution in [0.15, 0.2) is 39.9 Å². The van der Waals surface area contributed by atoms with Crippen LogP contribution in [-0.2, 0) is 10.2 Å². The average molecular weight is 269 g/mol. The molecule has 0 atom stereocenters. The fraction of sp³-hybridized carbons (Fsp3) is 0.250. The van der Waals surface area contributed by atoms with Crippen molar-refractivity contribution >= 4 is 10.2 Å². The van der Waals surface area contributed by atoms with Crippen molar-refractivity contribution in [2.24, 2.45) is 0 Å². The van der Waals surface area contributed by atoms with Crippen molar-refractivity contribution in [2.75, 3.05) is 0 Å². The van der Waals surface area contributed by atoms with Crippen LogP contribution in [0.2, 0.25) is 0 Å². The molecular formula is C12H12FNO3S. The second-order valence-corrected chi connectivity index (χ2v) is 5.52. The van der Waals surface area contributed by atoms with Crippen LogP contribution >= 0.6 is 0 Å². The molecule has 2 aromatic rings. The minimum atomic E-state index is -4.84. The van der Waals surface area contributed by atoms with Gasteiger partial charge in [-0.05, 0) is 11.5 Å². The third-order valence-corrected chi connectivity index (χ3v) is 3.27. The summed E-state index contributed by atoms with van der Waals surface area (Å²) < 4.78 is 38.3. The smallest absolute Gasteiger partial charge is 0.341 e. The van der Waals surface area contributed by atoms with E-state index >= 15 is 0 Å². The molecule has 0 aliphatic rings. The second-order valence-electron chi connectivity index (χ2n) is 4.25. The van der Waals surface area contributed by atoms with E-state index < -0.39 is 15.3 Å². The van der Waals surface area contributed by atoms with E-state index in [9.17, 15) is 12.3 Å². The van der Waals surface area contributed by atoms with Gasteiger partial charge in [0.15, 0.2) is 0 Å². The van der Waals surface area contributed by atoms with Crippen molar-refractivity contribution in [2.45, 2.75) is 24.9 Å². The molecule has 0 fully saturated rings. The highest BCUT2D eigenvalue weighted by atomic mass is 32.3. The van der Waals surface area contributed by atoms with Gasteiger partial charge in [-0.15, -0.1) is 0 Å². The lowest BCUT2D eigenvalue weighted by Crippen LogP contribution is -1.87. The Labute approximate surface area is 105 Å². The lowest BCUT2D eigenvalue weighted by Gasteiger charge is -2.04. The Bertz CT molecular complexity index is 644. The molecule has 0 spiro atoms. The summed E-state index contributed by atoms with van der Waals surface area (Å²) in [6, 6.07) is 8.49. The highest BCUT2D eigenvalue weighted by molar-refractivity contribution is 7.86. The summed E-state index contributed by atoms with van der Waals surface area (Å²) in [5.41, 5.74) is 2.13. The number of rotatable bonds is 3. The fourth-order valence-corrected chi connectivity index (χ4v) is 1.93. The van der Waals surface area contributed by atoms with Gasteiger partial charge in [-0.1, -0.05) is 47.2 Å². The quantitative estimate of drug-likeness (QED) is 0.803. The van der Waals surface area contributed by atoms with Crippen LogP contribution in [0, 0.1) is 0 Å². The van der Waals surface area contributed by atoms with Crippen LogP contribution in [0.25, 0.3) is 11.3 Å². The first-order valence-electron chi connectivity index (χ1n) is 5.39. The third-order valence-electron chi connectivity index (χ3n) is 2.60. The van der Waals surface area contributed by atoms with Crippen LogP contribution in [0.5, 0.6) is 0 Å². The lowest BCUT2D eigenvalue weighted by atomic mass is 10.0. The predicted octanol–water partition coefficient (Wildman–Crippen LogP) is 3.12. The number of halogens is 1. The Morgan fingerprint density at radius 1 is 1.22 bits per heavy atom. The zero-order valence-electron chi connectivity index (χ0n) is 9.92. The van der Waals surface area contributed by atoms with Crippen molar-refractivity contribution in [3.05, 3.63) is 35.9 Å². The van der Waals surface area contributed by atoms with E-state index in [1.165, 1.54) is 0 Å². The largest absolute Gasteiger partial charge is 0.368 e. The molecule has 0 amide bonds. The van der Waals surface area contributed by atoms with Crippen LogP contribution in [-0.4, -0.2) is 13.6 Å². The van der Waals surface area contributed by atoms with E-state index in [0.29, 0.717) is 17.2 Å². The Balaban J connectivity index is 2.35. The lowest BCUT2D eigenvalue weighted by molar-refractivity contribution is 0.334. The second kappa shape index (κ2) is 4.53. The van der Waals surface area contributed by atoms with Gasteiger partial charge in [0.25, 0.3) is 5.09 Å². The van der Waals surface area contributed by atoms with E-state index in [1.807, 2.05) is 12.1 Å². The standard InChI is InChI=1S/C12H12FNO3S/c1-8(2)9-3-5-10(6-4-9)11-7-12(17-14-11)18(13,15)16/h3-8H,1-2H3. The predicted molar refractivity (Wildman–Crippen MR) is 64.3 cm³/mol. The van der Waals surface area contributed by atoms with Gasteiger partial charge >= 0.3 is 10.2 Å². The maximum absolute atomic E-state index is 12.7. The van der Waals surface area contributed by atoms with Crippen molar-refractivity contribution in [3.8, 4) is 11.3 Å². The van der Waals surface area contributed by atoms with Crippen LogP contribution < -0.4 is 0 Å². The van der Waals surface area contributed by atoms with Crippen molar-refractivity contribution < 1.29 is 16.8 Å². The molecule has 0 bridgehead atoms. The van der Waals surface area contributed by atoms with Gasteiger partial charge in [0.1, 0.15) is 5.69 Å². The molecule has 2 rings (SSSR count). The monoisotopic (exact) mass is 269 g/mol. The van der Waals surface area contributed by atoms with Crippen LogP contribution in [0.3, 0.4) is 0 Å². The first kappa shape index (κ1) is 12.8. The molecule has 0 aliphatic carbocycles. The van der Waals surface area contributed by atoms with E-state index in [2.05, 4.69) is 23.5 Å². The van der Waals surface area contributed by atoms with Gasteiger partial charge in [0, 0.05) is 11.6 Å². The molecule has 0 N–H and O–H groups in total. The van der Waals surface area contributed by atoms with Crippen molar-refractivity contribution in [1.29, 1.82) is 0 Å². The summed E-state index contributed by atoms with van der Waals surface area (Å²) in [5, 5.41) is 2.76. The van der Waals surface area contributed by atoms with Gasteiger partial charge in [-0.25, -0.2) is 0 Å². The molecule has 6 heteroatoms. The van der Waals surface area contributed by atoms with E-state index in [0.717, 1.165) is 11.6 Å². The molecule has 96 valence electrons. The van der Waals surface area contributed by atoms with Gasteiger partial charge in [-0.3, -0.25) is 0 Å². The Morgan fingerprint density at radius 2 is 1.83 bits per heavy atom. The SMILES string of the molecule is CC(C)c1ccc(-c2cc(S(=O)(=O)F)on2)cc1. The first-order valence-corrected chi connectivity index (χ1v) is 6.78. The molecule has 1 aromatic heterocycles. The van der Waals surface area contributed by atoms with Crippen molar-refractivity contribution in [3.63, 3.8) is 0 Å². The van der Waals surface area contributed by atoms with Crippen molar-refractivity contribution in [1.82, 2.24) is 5.16 Å². The van der Waals surface area contributed by atoms with Gasteiger partial charge < -0.3 is 4.52 Å². The topological polar surface area (TPSA) is 60.2 Å². The van der Waals surface area contributed by atoms with Gasteiger partial charge in [0.2, 0.25) is 0 Å². The zero-order valence-corrected chi connectivity index (χ0v) is 10.7. The minimum Gasteiger partial charge on any atom is -0.341 e. The summed E-state index contributed by atoms with van der Waals surface area (Å²) in [4.78, 5) is 0. The number of benzene rings is 1. The fourth-order valence-electron chi connectivity index (χ4n) is 1.55. The van der Waals surface area contributed by atoms with E-state index in [-0.39, 0.29) is 0 Å². The first-order chi connectivity index (χ1) is 8.38. The summed E-state index contributed by atoms with van der Waals surface area (Å²) in [6.45, 7) is 4.14. The highest BCUT2D eigenvalue weighted by Crippen LogP contribution is 2.24. The molecule has 4 nitrogen and oxygen atoms in total. The van der Waals surface area contributed by atoms with Crippen LogP contribution in [0.4, 0.5) is 3.89 Å². The number of aromatic nitrogens is 1. The molecule has 1 aromatic carbocycles. The van der Waals surface area contributed by atoms with E-state index in [4.69, 9.17) is 0 Å². The number of hydrogen-bond acceptors (Lipinski definition) is 4. The van der Waals surface area contributed by atoms with Crippen LogP contribution in [0.1, 0.15) is 25.3 Å². The highest BCUT2D eigenvalue weighted by Gasteiger charge is 2.19.